The number of nitrogen functional groups attached to an aromatic ring is 1. The van der Waals surface area contributed by atoms with Crippen LogP contribution in [0.4, 0.5) is 5.69 Å². The van der Waals surface area contributed by atoms with Crippen LogP contribution < -0.4 is 11.1 Å². The van der Waals surface area contributed by atoms with Gasteiger partial charge in [0.05, 0.1) is 5.56 Å². The van der Waals surface area contributed by atoms with E-state index in [4.69, 9.17) is 5.73 Å². The lowest BCUT2D eigenvalue weighted by atomic mass is 9.78. The van der Waals surface area contributed by atoms with Gasteiger partial charge in [-0.3, -0.25) is 9.78 Å². The average Bonchev–Trinajstić information content (AvgIpc) is 2.16. The van der Waals surface area contributed by atoms with Gasteiger partial charge in [-0.15, -0.1) is 0 Å². The minimum Gasteiger partial charge on any atom is -0.398 e. The minimum atomic E-state index is -0.122. The van der Waals surface area contributed by atoms with E-state index in [2.05, 4.69) is 17.2 Å². The lowest BCUT2D eigenvalue weighted by Crippen LogP contribution is -2.51. The molecule has 4 heteroatoms. The maximum atomic E-state index is 11.8. The number of nitrogens with two attached hydrogens (primary N) is 1. The van der Waals surface area contributed by atoms with Gasteiger partial charge in [-0.1, -0.05) is 0 Å². The molecule has 4 nitrogen and oxygen atoms in total. The summed E-state index contributed by atoms with van der Waals surface area (Å²) in [7, 11) is 0. The summed E-state index contributed by atoms with van der Waals surface area (Å²) in [5.41, 5.74) is 6.60. The van der Waals surface area contributed by atoms with E-state index >= 15 is 0 Å². The van der Waals surface area contributed by atoms with Gasteiger partial charge in [-0.25, -0.2) is 0 Å². The van der Waals surface area contributed by atoms with E-state index in [1.807, 2.05) is 0 Å². The quantitative estimate of drug-likeness (QED) is 0.765. The van der Waals surface area contributed by atoms with E-state index in [0.717, 1.165) is 12.8 Å². The summed E-state index contributed by atoms with van der Waals surface area (Å²) in [6.45, 7) is 2.06. The molecule has 1 heterocycles. The predicted octanol–water partition coefficient (Wildman–Crippen LogP) is 1.34. The maximum Gasteiger partial charge on any atom is 0.255 e. The minimum absolute atomic E-state index is 0.0423. The fourth-order valence-electron chi connectivity index (χ4n) is 1.77. The molecule has 0 spiro atoms. The zero-order chi connectivity index (χ0) is 10.9. The normalized spacial score (nSPS) is 17.9. The number of nitrogens with zero attached hydrogens (tertiary/aromatic N) is 1. The molecule has 1 amide bonds. The van der Waals surface area contributed by atoms with Crippen molar-refractivity contribution in [2.24, 2.45) is 0 Å². The average molecular weight is 205 g/mol. The van der Waals surface area contributed by atoms with Gasteiger partial charge >= 0.3 is 0 Å². The van der Waals surface area contributed by atoms with Crippen LogP contribution in [0.25, 0.3) is 0 Å². The van der Waals surface area contributed by atoms with Gasteiger partial charge in [0.15, 0.2) is 0 Å². The number of pyridine rings is 1. The first kappa shape index (κ1) is 9.96. The molecule has 2 rings (SSSR count). The van der Waals surface area contributed by atoms with Crippen LogP contribution in [0.15, 0.2) is 18.5 Å². The molecule has 1 saturated carbocycles. The number of amides is 1. The molecule has 0 aromatic carbocycles. The molecule has 80 valence electrons. The maximum absolute atomic E-state index is 11.8. The SMILES string of the molecule is CC1(NC(=O)c2cnccc2N)CCC1. The fourth-order valence-corrected chi connectivity index (χ4v) is 1.77. The summed E-state index contributed by atoms with van der Waals surface area (Å²) in [6.07, 6.45) is 6.35. The first-order valence-electron chi connectivity index (χ1n) is 5.13. The van der Waals surface area contributed by atoms with Gasteiger partial charge in [-0.05, 0) is 32.3 Å². The first-order chi connectivity index (χ1) is 7.11. The summed E-state index contributed by atoms with van der Waals surface area (Å²) >= 11 is 0. The van der Waals surface area contributed by atoms with Crippen molar-refractivity contribution in [2.75, 3.05) is 5.73 Å². The number of carbonyl (C=O) groups is 1. The third-order valence-electron chi connectivity index (χ3n) is 2.97. The number of carbonyl (C=O) groups excluding carboxylic acids is 1. The van der Waals surface area contributed by atoms with Crippen molar-refractivity contribution in [3.05, 3.63) is 24.0 Å². The molecule has 0 saturated heterocycles. The second-order valence-corrected chi connectivity index (χ2v) is 4.33. The van der Waals surface area contributed by atoms with Crippen molar-refractivity contribution < 1.29 is 4.79 Å². The van der Waals surface area contributed by atoms with Crippen LogP contribution in [0, 0.1) is 0 Å². The van der Waals surface area contributed by atoms with Crippen LogP contribution in [-0.2, 0) is 0 Å². The lowest BCUT2D eigenvalue weighted by Gasteiger charge is -2.39. The summed E-state index contributed by atoms with van der Waals surface area (Å²) in [5.74, 6) is -0.122. The largest absolute Gasteiger partial charge is 0.398 e. The Balaban J connectivity index is 2.11. The second-order valence-electron chi connectivity index (χ2n) is 4.33. The van der Waals surface area contributed by atoms with Gasteiger partial charge in [0.1, 0.15) is 0 Å². The molecule has 3 N–H and O–H groups in total. The Hall–Kier alpha value is -1.58. The molecule has 1 aliphatic carbocycles. The standard InChI is InChI=1S/C11H15N3O/c1-11(4-2-5-11)14-10(15)8-7-13-6-3-9(8)12/h3,6-7H,2,4-5H2,1H3,(H2,12,13)(H,14,15). The highest BCUT2D eigenvalue weighted by atomic mass is 16.1. The number of nitrogens with one attached hydrogen (secondary N) is 1. The molecule has 15 heavy (non-hydrogen) atoms. The Morgan fingerprint density at radius 1 is 1.60 bits per heavy atom. The molecule has 0 atom stereocenters. The number of hydrogen-bond acceptors (Lipinski definition) is 3. The summed E-state index contributed by atoms with van der Waals surface area (Å²) in [4.78, 5) is 15.7. The number of aromatic nitrogens is 1. The van der Waals surface area contributed by atoms with Crippen molar-refractivity contribution in [2.45, 2.75) is 31.7 Å². The van der Waals surface area contributed by atoms with E-state index in [-0.39, 0.29) is 11.4 Å². The monoisotopic (exact) mass is 205 g/mol. The van der Waals surface area contributed by atoms with Crippen molar-refractivity contribution in [1.82, 2.24) is 10.3 Å². The van der Waals surface area contributed by atoms with Crippen LogP contribution in [0.5, 0.6) is 0 Å². The van der Waals surface area contributed by atoms with E-state index in [9.17, 15) is 4.79 Å². The number of rotatable bonds is 2. The zero-order valence-corrected chi connectivity index (χ0v) is 8.79. The van der Waals surface area contributed by atoms with Crippen LogP contribution in [0.2, 0.25) is 0 Å². The third-order valence-corrected chi connectivity index (χ3v) is 2.97. The molecular weight excluding hydrogens is 190 g/mol. The van der Waals surface area contributed by atoms with Crippen molar-refractivity contribution in [1.29, 1.82) is 0 Å². The van der Waals surface area contributed by atoms with Crippen LogP contribution in [0.3, 0.4) is 0 Å². The zero-order valence-electron chi connectivity index (χ0n) is 8.79. The smallest absolute Gasteiger partial charge is 0.255 e. The Morgan fingerprint density at radius 2 is 2.33 bits per heavy atom. The fraction of sp³-hybridized carbons (Fsp3) is 0.455. The molecular formula is C11H15N3O. The highest BCUT2D eigenvalue weighted by molar-refractivity contribution is 5.99. The van der Waals surface area contributed by atoms with Gasteiger partial charge in [-0.2, -0.15) is 0 Å². The molecule has 0 radical (unpaired) electrons. The summed E-state index contributed by atoms with van der Waals surface area (Å²) in [5, 5.41) is 2.99. The van der Waals surface area contributed by atoms with E-state index in [1.54, 1.807) is 12.3 Å². The molecule has 1 aliphatic rings. The molecule has 0 aliphatic heterocycles. The second kappa shape index (κ2) is 3.53. The van der Waals surface area contributed by atoms with Gasteiger partial charge in [0.25, 0.3) is 5.91 Å². The van der Waals surface area contributed by atoms with Crippen LogP contribution >= 0.6 is 0 Å². The van der Waals surface area contributed by atoms with Crippen molar-refractivity contribution in [3.63, 3.8) is 0 Å². The van der Waals surface area contributed by atoms with Gasteiger partial charge < -0.3 is 11.1 Å². The van der Waals surface area contributed by atoms with Gasteiger partial charge in [0, 0.05) is 23.6 Å². The molecule has 0 unspecified atom stereocenters. The van der Waals surface area contributed by atoms with Crippen LogP contribution in [-0.4, -0.2) is 16.4 Å². The van der Waals surface area contributed by atoms with Gasteiger partial charge in [0.2, 0.25) is 0 Å². The van der Waals surface area contributed by atoms with E-state index < -0.39 is 0 Å². The van der Waals surface area contributed by atoms with E-state index in [0.29, 0.717) is 11.3 Å². The predicted molar refractivity (Wildman–Crippen MR) is 58.4 cm³/mol. The van der Waals surface area contributed by atoms with Crippen molar-refractivity contribution in [3.8, 4) is 0 Å². The Bertz CT molecular complexity index is 385. The number of hydrogen-bond donors (Lipinski definition) is 2. The highest BCUT2D eigenvalue weighted by Gasteiger charge is 2.33. The Kier molecular flexibility index (Phi) is 2.34. The Morgan fingerprint density at radius 3 is 2.87 bits per heavy atom. The summed E-state index contributed by atoms with van der Waals surface area (Å²) in [6, 6.07) is 1.64. The molecule has 1 aromatic heterocycles. The number of anilines is 1. The summed E-state index contributed by atoms with van der Waals surface area (Å²) < 4.78 is 0. The molecule has 1 aromatic rings. The topological polar surface area (TPSA) is 68.0 Å². The Labute approximate surface area is 88.9 Å². The highest BCUT2D eigenvalue weighted by Crippen LogP contribution is 2.31. The lowest BCUT2D eigenvalue weighted by molar-refractivity contribution is 0.0851. The van der Waals surface area contributed by atoms with Crippen molar-refractivity contribution >= 4 is 11.6 Å². The first-order valence-corrected chi connectivity index (χ1v) is 5.13. The molecule has 1 fully saturated rings. The van der Waals surface area contributed by atoms with Crippen LogP contribution in [0.1, 0.15) is 36.5 Å². The molecule has 0 bridgehead atoms. The third kappa shape index (κ3) is 1.93. The van der Waals surface area contributed by atoms with E-state index in [1.165, 1.54) is 12.6 Å².